The van der Waals surface area contributed by atoms with Crippen molar-refractivity contribution >= 4 is 11.3 Å². The summed E-state index contributed by atoms with van der Waals surface area (Å²) in [5, 5.41) is 9.92. The van der Waals surface area contributed by atoms with Crippen LogP contribution in [0.5, 0.6) is 0 Å². The Labute approximate surface area is 158 Å². The summed E-state index contributed by atoms with van der Waals surface area (Å²) in [6.45, 7) is 7.83. The molecule has 1 unspecified atom stereocenters. The highest BCUT2D eigenvalue weighted by Gasteiger charge is 2.25. The minimum atomic E-state index is 0.365. The van der Waals surface area contributed by atoms with Gasteiger partial charge in [0, 0.05) is 42.7 Å². The first-order valence-electron chi connectivity index (χ1n) is 9.19. The molecule has 1 atom stereocenters. The summed E-state index contributed by atoms with van der Waals surface area (Å²) in [6, 6.07) is 13.5. The number of nitrogens with one attached hydrogen (secondary N) is 1. The molecule has 5 heteroatoms. The monoisotopic (exact) mass is 367 g/mol. The minimum Gasteiger partial charge on any atom is -0.361 e. The van der Waals surface area contributed by atoms with E-state index in [1.165, 1.54) is 16.7 Å². The van der Waals surface area contributed by atoms with Gasteiger partial charge in [0.25, 0.3) is 0 Å². The summed E-state index contributed by atoms with van der Waals surface area (Å²) in [5.74, 6) is 0.909. The van der Waals surface area contributed by atoms with Crippen LogP contribution >= 0.6 is 11.3 Å². The summed E-state index contributed by atoms with van der Waals surface area (Å²) < 4.78 is 5.28. The third-order valence-electron chi connectivity index (χ3n) is 5.28. The summed E-state index contributed by atoms with van der Waals surface area (Å²) in [7, 11) is 0. The molecule has 0 bridgehead atoms. The maximum atomic E-state index is 5.28. The molecule has 2 aromatic heterocycles. The van der Waals surface area contributed by atoms with Crippen molar-refractivity contribution in [3.63, 3.8) is 0 Å². The number of nitrogens with zero attached hydrogens (tertiary/aromatic N) is 2. The Morgan fingerprint density at radius 2 is 2.08 bits per heavy atom. The average Bonchev–Trinajstić information content (AvgIpc) is 3.26. The fraction of sp³-hybridized carbons (Fsp3) is 0.381. The Morgan fingerprint density at radius 1 is 1.23 bits per heavy atom. The number of benzene rings is 1. The van der Waals surface area contributed by atoms with Gasteiger partial charge >= 0.3 is 0 Å². The number of thiophene rings is 1. The van der Waals surface area contributed by atoms with Gasteiger partial charge in [0.15, 0.2) is 0 Å². The number of hydrogen-bond donors (Lipinski definition) is 1. The fourth-order valence-corrected chi connectivity index (χ4v) is 4.65. The average molecular weight is 368 g/mol. The molecule has 1 aliphatic heterocycles. The van der Waals surface area contributed by atoms with Crippen molar-refractivity contribution in [1.82, 2.24) is 15.4 Å². The molecule has 0 fully saturated rings. The maximum Gasteiger partial charge on any atom is 0.138 e. The first kappa shape index (κ1) is 17.5. The van der Waals surface area contributed by atoms with E-state index < -0.39 is 0 Å². The SMILES string of the molecule is Cc1noc(C)c1CNCC(c1ccccc1)N1CCc2sccc2C1. The molecule has 3 aromatic rings. The standard InChI is InChI=1S/C21H25N3OS/c1-15-19(16(2)25-23-15)12-22-13-20(17-6-4-3-5-7-17)24-10-8-21-18(14-24)9-11-26-21/h3-7,9,11,20,22H,8,10,12-14H2,1-2H3. The third-order valence-corrected chi connectivity index (χ3v) is 6.31. The van der Waals surface area contributed by atoms with Crippen molar-refractivity contribution in [2.45, 2.75) is 39.4 Å². The quantitative estimate of drug-likeness (QED) is 0.707. The van der Waals surface area contributed by atoms with Crippen LogP contribution in [0.15, 0.2) is 46.3 Å². The van der Waals surface area contributed by atoms with E-state index in [9.17, 15) is 0 Å². The van der Waals surface area contributed by atoms with Crippen LogP contribution in [0.4, 0.5) is 0 Å². The maximum absolute atomic E-state index is 5.28. The number of hydrogen-bond acceptors (Lipinski definition) is 5. The van der Waals surface area contributed by atoms with E-state index in [4.69, 9.17) is 4.52 Å². The predicted molar refractivity (Wildman–Crippen MR) is 105 cm³/mol. The Morgan fingerprint density at radius 3 is 2.85 bits per heavy atom. The van der Waals surface area contributed by atoms with Crippen molar-refractivity contribution in [1.29, 1.82) is 0 Å². The smallest absolute Gasteiger partial charge is 0.138 e. The van der Waals surface area contributed by atoms with E-state index >= 15 is 0 Å². The van der Waals surface area contributed by atoms with Gasteiger partial charge in [-0.05, 0) is 42.8 Å². The molecular weight excluding hydrogens is 342 g/mol. The molecule has 1 N–H and O–H groups in total. The van der Waals surface area contributed by atoms with E-state index in [0.29, 0.717) is 6.04 Å². The third kappa shape index (κ3) is 3.61. The van der Waals surface area contributed by atoms with Crippen LogP contribution < -0.4 is 5.32 Å². The van der Waals surface area contributed by atoms with Crippen molar-refractivity contribution in [3.05, 3.63) is 74.8 Å². The van der Waals surface area contributed by atoms with Crippen LogP contribution in [-0.4, -0.2) is 23.1 Å². The number of aromatic nitrogens is 1. The van der Waals surface area contributed by atoms with Gasteiger partial charge in [-0.15, -0.1) is 11.3 Å². The molecule has 0 saturated carbocycles. The first-order valence-corrected chi connectivity index (χ1v) is 10.1. The zero-order valence-electron chi connectivity index (χ0n) is 15.4. The van der Waals surface area contributed by atoms with E-state index in [1.54, 1.807) is 4.88 Å². The molecule has 4 nitrogen and oxygen atoms in total. The second-order valence-corrected chi connectivity index (χ2v) is 7.95. The van der Waals surface area contributed by atoms with Gasteiger partial charge in [-0.25, -0.2) is 0 Å². The van der Waals surface area contributed by atoms with E-state index in [-0.39, 0.29) is 0 Å². The zero-order valence-corrected chi connectivity index (χ0v) is 16.2. The lowest BCUT2D eigenvalue weighted by Gasteiger charge is -2.35. The van der Waals surface area contributed by atoms with Gasteiger partial charge in [-0.1, -0.05) is 35.5 Å². The van der Waals surface area contributed by atoms with Crippen molar-refractivity contribution < 1.29 is 4.52 Å². The summed E-state index contributed by atoms with van der Waals surface area (Å²) in [6.07, 6.45) is 1.15. The molecule has 1 aliphatic rings. The topological polar surface area (TPSA) is 41.3 Å². The van der Waals surface area contributed by atoms with Gasteiger partial charge < -0.3 is 9.84 Å². The lowest BCUT2D eigenvalue weighted by atomic mass is 10.0. The van der Waals surface area contributed by atoms with Crippen molar-refractivity contribution in [2.75, 3.05) is 13.1 Å². The Kier molecular flexibility index (Phi) is 5.20. The van der Waals surface area contributed by atoms with Crippen LogP contribution in [0.25, 0.3) is 0 Å². The molecule has 136 valence electrons. The highest BCUT2D eigenvalue weighted by atomic mass is 32.1. The molecule has 26 heavy (non-hydrogen) atoms. The molecule has 3 heterocycles. The Balaban J connectivity index is 1.49. The minimum absolute atomic E-state index is 0.365. The Bertz CT molecular complexity index is 836. The molecule has 1 aromatic carbocycles. The van der Waals surface area contributed by atoms with E-state index in [0.717, 1.165) is 44.1 Å². The highest BCUT2D eigenvalue weighted by Crippen LogP contribution is 2.30. The van der Waals surface area contributed by atoms with E-state index in [2.05, 4.69) is 57.2 Å². The number of aryl methyl sites for hydroxylation is 2. The van der Waals surface area contributed by atoms with Gasteiger partial charge in [-0.2, -0.15) is 0 Å². The van der Waals surface area contributed by atoms with Crippen molar-refractivity contribution in [2.24, 2.45) is 0 Å². The molecule has 0 aliphatic carbocycles. The van der Waals surface area contributed by atoms with Gasteiger partial charge in [-0.3, -0.25) is 4.90 Å². The van der Waals surface area contributed by atoms with Crippen LogP contribution in [0.2, 0.25) is 0 Å². The normalized spacial score (nSPS) is 15.8. The van der Waals surface area contributed by atoms with E-state index in [1.807, 2.05) is 25.2 Å². The first-order chi connectivity index (χ1) is 12.7. The predicted octanol–water partition coefficient (Wildman–Crippen LogP) is 4.24. The second-order valence-electron chi connectivity index (χ2n) is 6.95. The number of rotatable bonds is 6. The van der Waals surface area contributed by atoms with Crippen LogP contribution in [0.1, 0.15) is 39.1 Å². The molecule has 0 amide bonds. The van der Waals surface area contributed by atoms with Crippen LogP contribution in [-0.2, 0) is 19.5 Å². The largest absolute Gasteiger partial charge is 0.361 e. The zero-order chi connectivity index (χ0) is 17.9. The summed E-state index contributed by atoms with van der Waals surface area (Å²) in [4.78, 5) is 4.15. The molecular formula is C21H25N3OS. The lowest BCUT2D eigenvalue weighted by molar-refractivity contribution is 0.176. The second kappa shape index (κ2) is 7.74. The lowest BCUT2D eigenvalue weighted by Crippen LogP contribution is -2.38. The Hall–Kier alpha value is -1.95. The summed E-state index contributed by atoms with van der Waals surface area (Å²) >= 11 is 1.89. The van der Waals surface area contributed by atoms with Gasteiger partial charge in [0.1, 0.15) is 5.76 Å². The highest BCUT2D eigenvalue weighted by molar-refractivity contribution is 7.10. The van der Waals surface area contributed by atoms with Crippen molar-refractivity contribution in [3.8, 4) is 0 Å². The van der Waals surface area contributed by atoms with Crippen LogP contribution in [0, 0.1) is 13.8 Å². The molecule has 4 rings (SSSR count). The molecule has 0 saturated heterocycles. The van der Waals surface area contributed by atoms with Crippen LogP contribution in [0.3, 0.4) is 0 Å². The van der Waals surface area contributed by atoms with Gasteiger partial charge in [0.05, 0.1) is 5.69 Å². The van der Waals surface area contributed by atoms with Gasteiger partial charge in [0.2, 0.25) is 0 Å². The number of fused-ring (bicyclic) bond motifs is 1. The fourth-order valence-electron chi connectivity index (χ4n) is 3.76. The summed E-state index contributed by atoms with van der Waals surface area (Å²) in [5.41, 5.74) is 5.02. The molecule has 0 radical (unpaired) electrons. The molecule has 0 spiro atoms.